The summed E-state index contributed by atoms with van der Waals surface area (Å²) < 4.78 is 29.3. The maximum Gasteiger partial charge on any atom is 0.206 e. The highest BCUT2D eigenvalue weighted by molar-refractivity contribution is 9.10. The number of halogens is 1. The lowest BCUT2D eigenvalue weighted by atomic mass is 10.3. The summed E-state index contributed by atoms with van der Waals surface area (Å²) in [6.45, 7) is 1.61. The molecular formula is C9H7BrO3S. The third-order valence-electron chi connectivity index (χ3n) is 1.80. The highest BCUT2D eigenvalue weighted by Gasteiger charge is 2.23. The highest BCUT2D eigenvalue weighted by atomic mass is 79.9. The topological polar surface area (TPSA) is 43.4 Å². The maximum atomic E-state index is 11.6. The predicted molar refractivity (Wildman–Crippen MR) is 55.7 cm³/mol. The standard InChI is InChI=1S/C9H7BrO3S/c1-6-5-14(11,12)9-3-2-7(10)4-8(9)13-6/h2-5H,1H3. The lowest BCUT2D eigenvalue weighted by Crippen LogP contribution is -2.08. The molecule has 0 radical (unpaired) electrons. The first kappa shape index (κ1) is 9.73. The van der Waals surface area contributed by atoms with E-state index in [0.717, 1.165) is 9.88 Å². The van der Waals surface area contributed by atoms with E-state index in [1.807, 2.05) is 0 Å². The maximum absolute atomic E-state index is 11.6. The molecule has 0 atom stereocenters. The lowest BCUT2D eigenvalue weighted by Gasteiger charge is -2.15. The van der Waals surface area contributed by atoms with Crippen LogP contribution in [0.1, 0.15) is 6.92 Å². The van der Waals surface area contributed by atoms with Crippen LogP contribution in [0.5, 0.6) is 5.75 Å². The van der Waals surface area contributed by atoms with Gasteiger partial charge in [0, 0.05) is 4.47 Å². The summed E-state index contributed by atoms with van der Waals surface area (Å²) in [6.07, 6.45) is 0. The van der Waals surface area contributed by atoms with Crippen molar-refractivity contribution in [1.82, 2.24) is 0 Å². The molecule has 1 heterocycles. The molecule has 0 aliphatic carbocycles. The molecule has 0 aromatic heterocycles. The third kappa shape index (κ3) is 1.57. The summed E-state index contributed by atoms with van der Waals surface area (Å²) >= 11 is 3.25. The number of benzene rings is 1. The van der Waals surface area contributed by atoms with E-state index < -0.39 is 9.84 Å². The molecule has 1 aromatic rings. The Morgan fingerprint density at radius 1 is 1.36 bits per heavy atom. The van der Waals surface area contributed by atoms with Crippen LogP contribution < -0.4 is 4.74 Å². The van der Waals surface area contributed by atoms with Gasteiger partial charge in [0.15, 0.2) is 0 Å². The number of allylic oxidation sites excluding steroid dienone is 1. The first-order chi connectivity index (χ1) is 6.49. The van der Waals surface area contributed by atoms with Crippen molar-refractivity contribution in [3.63, 3.8) is 0 Å². The van der Waals surface area contributed by atoms with E-state index in [-0.39, 0.29) is 4.90 Å². The van der Waals surface area contributed by atoms with Crippen LogP contribution in [-0.2, 0) is 9.84 Å². The van der Waals surface area contributed by atoms with Crippen LogP contribution >= 0.6 is 15.9 Å². The molecule has 0 fully saturated rings. The Morgan fingerprint density at radius 3 is 2.79 bits per heavy atom. The van der Waals surface area contributed by atoms with Gasteiger partial charge in [-0.1, -0.05) is 15.9 Å². The minimum Gasteiger partial charge on any atom is -0.460 e. The van der Waals surface area contributed by atoms with Gasteiger partial charge in [0.2, 0.25) is 9.84 Å². The van der Waals surface area contributed by atoms with Gasteiger partial charge in [-0.3, -0.25) is 0 Å². The normalized spacial score (nSPS) is 18.0. The fourth-order valence-electron chi connectivity index (χ4n) is 1.28. The highest BCUT2D eigenvalue weighted by Crippen LogP contribution is 2.33. The van der Waals surface area contributed by atoms with Crippen LogP contribution in [0.4, 0.5) is 0 Å². The molecule has 3 nitrogen and oxygen atoms in total. The second-order valence-electron chi connectivity index (χ2n) is 2.97. The fourth-order valence-corrected chi connectivity index (χ4v) is 2.87. The number of fused-ring (bicyclic) bond motifs is 1. The van der Waals surface area contributed by atoms with E-state index in [4.69, 9.17) is 4.74 Å². The minimum absolute atomic E-state index is 0.214. The van der Waals surface area contributed by atoms with Crippen LogP contribution in [0.3, 0.4) is 0 Å². The summed E-state index contributed by atoms with van der Waals surface area (Å²) in [5.74, 6) is 0.759. The fraction of sp³-hybridized carbons (Fsp3) is 0.111. The largest absolute Gasteiger partial charge is 0.460 e. The molecule has 0 N–H and O–H groups in total. The Hall–Kier alpha value is -0.810. The minimum atomic E-state index is -3.32. The first-order valence-electron chi connectivity index (χ1n) is 3.90. The zero-order valence-corrected chi connectivity index (χ0v) is 9.72. The van der Waals surface area contributed by atoms with Crippen LogP contribution in [0.2, 0.25) is 0 Å². The zero-order valence-electron chi connectivity index (χ0n) is 7.32. The summed E-state index contributed by atoms with van der Waals surface area (Å²) in [7, 11) is -3.32. The Labute approximate surface area is 90.4 Å². The van der Waals surface area contributed by atoms with Crippen molar-refractivity contribution in [3.05, 3.63) is 33.8 Å². The molecule has 0 bridgehead atoms. The molecule has 0 unspecified atom stereocenters. The second-order valence-corrected chi connectivity index (χ2v) is 5.65. The van der Waals surface area contributed by atoms with Gasteiger partial charge >= 0.3 is 0 Å². The van der Waals surface area contributed by atoms with Gasteiger partial charge < -0.3 is 4.74 Å². The van der Waals surface area contributed by atoms with Gasteiger partial charge in [-0.25, -0.2) is 8.42 Å². The van der Waals surface area contributed by atoms with E-state index >= 15 is 0 Å². The molecule has 2 rings (SSSR count). The first-order valence-corrected chi connectivity index (χ1v) is 6.24. The molecule has 0 saturated carbocycles. The number of sulfone groups is 1. The number of rotatable bonds is 0. The van der Waals surface area contributed by atoms with Crippen molar-refractivity contribution in [3.8, 4) is 5.75 Å². The third-order valence-corrected chi connectivity index (χ3v) is 3.89. The monoisotopic (exact) mass is 274 g/mol. The summed E-state index contributed by atoms with van der Waals surface area (Å²) in [5, 5.41) is 1.13. The van der Waals surface area contributed by atoms with Crippen molar-refractivity contribution >= 4 is 25.8 Å². The Balaban J connectivity index is 2.71. The zero-order chi connectivity index (χ0) is 10.3. The van der Waals surface area contributed by atoms with Crippen LogP contribution in [-0.4, -0.2) is 8.42 Å². The van der Waals surface area contributed by atoms with Gasteiger partial charge in [0.05, 0.1) is 5.41 Å². The van der Waals surface area contributed by atoms with E-state index in [0.29, 0.717) is 11.5 Å². The van der Waals surface area contributed by atoms with Crippen molar-refractivity contribution in [2.24, 2.45) is 0 Å². The molecule has 1 aromatic carbocycles. The molecule has 1 aliphatic heterocycles. The Morgan fingerprint density at radius 2 is 2.07 bits per heavy atom. The Kier molecular flexibility index (Phi) is 2.16. The van der Waals surface area contributed by atoms with Gasteiger partial charge in [-0.05, 0) is 25.1 Å². The van der Waals surface area contributed by atoms with E-state index in [1.165, 1.54) is 6.07 Å². The average Bonchev–Trinajstić information content (AvgIpc) is 2.00. The number of hydrogen-bond acceptors (Lipinski definition) is 3. The Bertz CT molecular complexity index is 517. The number of hydrogen-bond donors (Lipinski definition) is 0. The van der Waals surface area contributed by atoms with Gasteiger partial charge in [0.1, 0.15) is 16.4 Å². The van der Waals surface area contributed by atoms with Crippen LogP contribution in [0.25, 0.3) is 0 Å². The van der Waals surface area contributed by atoms with E-state index in [9.17, 15) is 8.42 Å². The van der Waals surface area contributed by atoms with Crippen LogP contribution in [0, 0.1) is 0 Å². The van der Waals surface area contributed by atoms with Crippen molar-refractivity contribution < 1.29 is 13.2 Å². The molecule has 14 heavy (non-hydrogen) atoms. The summed E-state index contributed by atoms with van der Waals surface area (Å²) in [6, 6.07) is 4.84. The molecule has 0 spiro atoms. The van der Waals surface area contributed by atoms with Gasteiger partial charge in [0.25, 0.3) is 0 Å². The van der Waals surface area contributed by atoms with Crippen molar-refractivity contribution in [1.29, 1.82) is 0 Å². The van der Waals surface area contributed by atoms with Gasteiger partial charge in [-0.15, -0.1) is 0 Å². The van der Waals surface area contributed by atoms with Crippen molar-refractivity contribution in [2.45, 2.75) is 11.8 Å². The lowest BCUT2D eigenvalue weighted by molar-refractivity contribution is 0.411. The summed E-state index contributed by atoms with van der Waals surface area (Å²) in [5.41, 5.74) is 0. The van der Waals surface area contributed by atoms with Gasteiger partial charge in [-0.2, -0.15) is 0 Å². The molecular weight excluding hydrogens is 268 g/mol. The predicted octanol–water partition coefficient (Wildman–Crippen LogP) is 2.48. The SMILES string of the molecule is CC1=CS(=O)(=O)c2ccc(Br)cc2O1. The van der Waals surface area contributed by atoms with Crippen molar-refractivity contribution in [2.75, 3.05) is 0 Å². The molecule has 5 heteroatoms. The van der Waals surface area contributed by atoms with Crippen LogP contribution in [0.15, 0.2) is 38.7 Å². The average molecular weight is 275 g/mol. The summed E-state index contributed by atoms with van der Waals surface area (Å²) in [4.78, 5) is 0.214. The molecule has 74 valence electrons. The van der Waals surface area contributed by atoms with E-state index in [2.05, 4.69) is 15.9 Å². The second kappa shape index (κ2) is 3.10. The molecule has 0 amide bonds. The molecule has 1 aliphatic rings. The molecule has 0 saturated heterocycles. The number of ether oxygens (including phenoxy) is 1. The smallest absolute Gasteiger partial charge is 0.206 e. The quantitative estimate of drug-likeness (QED) is 0.730. The van der Waals surface area contributed by atoms with E-state index in [1.54, 1.807) is 19.1 Å².